The third kappa shape index (κ3) is 5.26. The summed E-state index contributed by atoms with van der Waals surface area (Å²) >= 11 is 7.24. The maximum Gasteiger partial charge on any atom is 0.416 e. The van der Waals surface area contributed by atoms with Gasteiger partial charge < -0.3 is 9.64 Å². The summed E-state index contributed by atoms with van der Waals surface area (Å²) in [5.41, 5.74) is 1.44. The van der Waals surface area contributed by atoms with E-state index >= 15 is 0 Å². The van der Waals surface area contributed by atoms with Gasteiger partial charge in [-0.05, 0) is 29.8 Å². The van der Waals surface area contributed by atoms with Crippen LogP contribution in [-0.4, -0.2) is 35.5 Å². The van der Waals surface area contributed by atoms with Crippen molar-refractivity contribution >= 4 is 28.8 Å². The summed E-state index contributed by atoms with van der Waals surface area (Å²) in [6, 6.07) is 12.2. The van der Waals surface area contributed by atoms with E-state index in [0.717, 1.165) is 17.7 Å². The second-order valence-electron chi connectivity index (χ2n) is 7.15. The summed E-state index contributed by atoms with van der Waals surface area (Å²) in [7, 11) is 0. The van der Waals surface area contributed by atoms with Crippen LogP contribution in [0.1, 0.15) is 22.9 Å². The van der Waals surface area contributed by atoms with Crippen molar-refractivity contribution in [1.29, 1.82) is 0 Å². The van der Waals surface area contributed by atoms with Crippen molar-refractivity contribution in [3.05, 3.63) is 75.8 Å². The molecule has 0 radical (unpaired) electrons. The van der Waals surface area contributed by atoms with Crippen LogP contribution in [0.3, 0.4) is 0 Å². The van der Waals surface area contributed by atoms with Gasteiger partial charge in [-0.25, -0.2) is 4.98 Å². The lowest BCUT2D eigenvalue weighted by Crippen LogP contribution is -2.43. The van der Waals surface area contributed by atoms with Gasteiger partial charge in [0.2, 0.25) is 5.91 Å². The number of rotatable bonds is 4. The van der Waals surface area contributed by atoms with E-state index in [2.05, 4.69) is 4.98 Å². The van der Waals surface area contributed by atoms with E-state index in [1.807, 2.05) is 12.1 Å². The summed E-state index contributed by atoms with van der Waals surface area (Å²) in [4.78, 5) is 19.0. The van der Waals surface area contributed by atoms with Crippen LogP contribution >= 0.6 is 22.9 Å². The van der Waals surface area contributed by atoms with Crippen molar-refractivity contribution in [3.63, 3.8) is 0 Å². The van der Waals surface area contributed by atoms with Crippen molar-refractivity contribution in [2.75, 3.05) is 19.7 Å². The van der Waals surface area contributed by atoms with Crippen LogP contribution < -0.4 is 0 Å². The standard InChI is InChI=1S/C22H18ClF3N2O2S/c23-17-7-3-14(4-8-17)19-12-28(9-10-30-19)20(29)11-18-13-31-21(27-18)15-1-5-16(6-2-15)22(24,25)26/h1-8,13,19H,9-12H2. The summed E-state index contributed by atoms with van der Waals surface area (Å²) in [5, 5.41) is 2.99. The van der Waals surface area contributed by atoms with Gasteiger partial charge in [0.15, 0.2) is 0 Å². The number of amides is 1. The molecule has 1 saturated heterocycles. The average Bonchev–Trinajstić information content (AvgIpc) is 3.22. The SMILES string of the molecule is O=C(Cc1csc(-c2ccc(C(F)(F)F)cc2)n1)N1CCOC(c2ccc(Cl)cc2)C1. The second kappa shape index (κ2) is 8.98. The molecular formula is C22H18ClF3N2O2S. The summed E-state index contributed by atoms with van der Waals surface area (Å²) in [5.74, 6) is -0.0634. The normalized spacial score (nSPS) is 17.0. The highest BCUT2D eigenvalue weighted by Crippen LogP contribution is 2.32. The van der Waals surface area contributed by atoms with Crippen LogP contribution in [0.4, 0.5) is 13.2 Å². The van der Waals surface area contributed by atoms with Gasteiger partial charge in [-0.15, -0.1) is 11.3 Å². The number of nitrogens with zero attached hydrogens (tertiary/aromatic N) is 2. The highest BCUT2D eigenvalue weighted by Gasteiger charge is 2.30. The zero-order chi connectivity index (χ0) is 22.0. The highest BCUT2D eigenvalue weighted by atomic mass is 35.5. The molecule has 1 fully saturated rings. The topological polar surface area (TPSA) is 42.4 Å². The van der Waals surface area contributed by atoms with Crippen molar-refractivity contribution in [2.45, 2.75) is 18.7 Å². The van der Waals surface area contributed by atoms with Gasteiger partial charge in [-0.1, -0.05) is 35.9 Å². The minimum Gasteiger partial charge on any atom is -0.370 e. The van der Waals surface area contributed by atoms with Crippen LogP contribution in [0, 0.1) is 0 Å². The number of hydrogen-bond donors (Lipinski definition) is 0. The smallest absolute Gasteiger partial charge is 0.370 e. The number of hydrogen-bond acceptors (Lipinski definition) is 4. The number of halogens is 4. The van der Waals surface area contributed by atoms with Gasteiger partial charge >= 0.3 is 6.18 Å². The molecule has 162 valence electrons. The van der Waals surface area contributed by atoms with E-state index in [-0.39, 0.29) is 18.4 Å². The summed E-state index contributed by atoms with van der Waals surface area (Å²) in [6.45, 7) is 1.38. The number of carbonyl (C=O) groups is 1. The fraction of sp³-hybridized carbons (Fsp3) is 0.273. The van der Waals surface area contributed by atoms with E-state index in [4.69, 9.17) is 16.3 Å². The Morgan fingerprint density at radius 1 is 1.16 bits per heavy atom. The number of thiazole rings is 1. The minimum absolute atomic E-state index is 0.0634. The lowest BCUT2D eigenvalue weighted by Gasteiger charge is -2.33. The van der Waals surface area contributed by atoms with Gasteiger partial charge in [-0.3, -0.25) is 4.79 Å². The highest BCUT2D eigenvalue weighted by molar-refractivity contribution is 7.13. The molecule has 1 atom stereocenters. The Morgan fingerprint density at radius 3 is 2.55 bits per heavy atom. The molecule has 1 unspecified atom stereocenters. The maximum atomic E-state index is 12.8. The van der Waals surface area contributed by atoms with Crippen LogP contribution in [0.15, 0.2) is 53.9 Å². The molecule has 1 aliphatic heterocycles. The second-order valence-corrected chi connectivity index (χ2v) is 8.44. The van der Waals surface area contributed by atoms with Crippen molar-refractivity contribution in [3.8, 4) is 10.6 Å². The zero-order valence-corrected chi connectivity index (χ0v) is 17.8. The Hall–Kier alpha value is -2.42. The monoisotopic (exact) mass is 466 g/mol. The Bertz CT molecular complexity index is 1050. The van der Waals surface area contributed by atoms with E-state index in [1.54, 1.807) is 22.4 Å². The first-order valence-corrected chi connectivity index (χ1v) is 10.8. The minimum atomic E-state index is -4.37. The van der Waals surface area contributed by atoms with Gasteiger partial charge in [-0.2, -0.15) is 13.2 Å². The van der Waals surface area contributed by atoms with E-state index in [9.17, 15) is 18.0 Å². The van der Waals surface area contributed by atoms with Crippen LogP contribution in [0.5, 0.6) is 0 Å². The number of morpholine rings is 1. The Balaban J connectivity index is 1.40. The molecule has 0 saturated carbocycles. The molecule has 1 amide bonds. The predicted octanol–water partition coefficient (Wildman–Crippen LogP) is 5.62. The van der Waals surface area contributed by atoms with Crippen LogP contribution in [0.25, 0.3) is 10.6 Å². The zero-order valence-electron chi connectivity index (χ0n) is 16.2. The maximum absolute atomic E-state index is 12.8. The number of alkyl halides is 3. The molecule has 1 aromatic heterocycles. The molecule has 4 nitrogen and oxygen atoms in total. The predicted molar refractivity (Wildman–Crippen MR) is 113 cm³/mol. The first kappa shape index (κ1) is 21.8. The fourth-order valence-corrected chi connectivity index (χ4v) is 4.30. The fourth-order valence-electron chi connectivity index (χ4n) is 3.34. The third-order valence-electron chi connectivity index (χ3n) is 5.00. The molecule has 2 aromatic carbocycles. The molecule has 31 heavy (non-hydrogen) atoms. The molecule has 0 spiro atoms. The Morgan fingerprint density at radius 2 is 1.87 bits per heavy atom. The van der Waals surface area contributed by atoms with Gasteiger partial charge in [0, 0.05) is 22.5 Å². The van der Waals surface area contributed by atoms with Gasteiger partial charge in [0.25, 0.3) is 0 Å². The van der Waals surface area contributed by atoms with Crippen molar-refractivity contribution in [2.24, 2.45) is 0 Å². The first-order chi connectivity index (χ1) is 14.8. The molecule has 2 heterocycles. The number of ether oxygens (including phenoxy) is 1. The molecule has 0 bridgehead atoms. The van der Waals surface area contributed by atoms with Gasteiger partial charge in [0.05, 0.1) is 30.8 Å². The first-order valence-electron chi connectivity index (χ1n) is 9.56. The van der Waals surface area contributed by atoms with Crippen molar-refractivity contribution in [1.82, 2.24) is 9.88 Å². The average molecular weight is 467 g/mol. The number of aromatic nitrogens is 1. The summed E-state index contributed by atoms with van der Waals surface area (Å²) in [6.07, 6.45) is -4.46. The quantitative estimate of drug-likeness (QED) is 0.501. The molecule has 0 N–H and O–H groups in total. The van der Waals surface area contributed by atoms with Crippen LogP contribution in [0.2, 0.25) is 5.02 Å². The molecule has 1 aliphatic rings. The lowest BCUT2D eigenvalue weighted by molar-refractivity contribution is -0.138. The Labute approximate surface area is 186 Å². The molecule has 0 aliphatic carbocycles. The van der Waals surface area contributed by atoms with Gasteiger partial charge in [0.1, 0.15) is 11.1 Å². The molecular weight excluding hydrogens is 449 g/mol. The number of benzene rings is 2. The largest absolute Gasteiger partial charge is 0.416 e. The summed E-state index contributed by atoms with van der Waals surface area (Å²) < 4.78 is 44.0. The number of carbonyl (C=O) groups excluding carboxylic acids is 1. The van der Waals surface area contributed by atoms with E-state index in [1.165, 1.54) is 23.5 Å². The molecule has 4 rings (SSSR count). The molecule has 9 heteroatoms. The Kier molecular flexibility index (Phi) is 6.31. The van der Waals surface area contributed by atoms with E-state index < -0.39 is 11.7 Å². The van der Waals surface area contributed by atoms with Crippen molar-refractivity contribution < 1.29 is 22.7 Å². The molecule has 3 aromatic rings. The third-order valence-corrected chi connectivity index (χ3v) is 6.20. The van der Waals surface area contributed by atoms with E-state index in [0.29, 0.717) is 41.0 Å². The lowest BCUT2D eigenvalue weighted by atomic mass is 10.1. The van der Waals surface area contributed by atoms with Crippen LogP contribution in [-0.2, 0) is 22.1 Å².